The third-order valence-corrected chi connectivity index (χ3v) is 4.20. The second kappa shape index (κ2) is 6.45. The van der Waals surface area contributed by atoms with Crippen molar-refractivity contribution in [2.45, 2.75) is 6.92 Å². The van der Waals surface area contributed by atoms with E-state index < -0.39 is 17.5 Å². The van der Waals surface area contributed by atoms with Crippen LogP contribution in [0.25, 0.3) is 11.3 Å². The van der Waals surface area contributed by atoms with E-state index in [4.69, 9.17) is 0 Å². The standard InChI is InChI=1S/C17H11F3N2OS/c1-9-15(10-2-4-11(18)5-3-10)21-17(24-9)22-16(23)13-7-6-12(19)8-14(13)20/h2-8H,1H3,(H,21,22,23). The minimum atomic E-state index is -0.945. The number of anilines is 1. The molecule has 0 saturated heterocycles. The number of aromatic nitrogens is 1. The van der Waals surface area contributed by atoms with Gasteiger partial charge in [0.15, 0.2) is 5.13 Å². The molecule has 0 radical (unpaired) electrons. The summed E-state index contributed by atoms with van der Waals surface area (Å²) in [4.78, 5) is 17.2. The van der Waals surface area contributed by atoms with Gasteiger partial charge in [-0.1, -0.05) is 0 Å². The molecule has 7 heteroatoms. The highest BCUT2D eigenvalue weighted by Gasteiger charge is 2.16. The third-order valence-electron chi connectivity index (χ3n) is 3.31. The highest BCUT2D eigenvalue weighted by molar-refractivity contribution is 7.16. The number of nitrogens with zero attached hydrogens (tertiary/aromatic N) is 1. The van der Waals surface area contributed by atoms with Gasteiger partial charge in [-0.2, -0.15) is 0 Å². The molecule has 1 N–H and O–H groups in total. The van der Waals surface area contributed by atoms with Gasteiger partial charge in [-0.25, -0.2) is 18.2 Å². The summed E-state index contributed by atoms with van der Waals surface area (Å²) < 4.78 is 39.5. The Morgan fingerprint density at radius 3 is 2.38 bits per heavy atom. The van der Waals surface area contributed by atoms with Crippen LogP contribution in [0.4, 0.5) is 18.3 Å². The first-order valence-electron chi connectivity index (χ1n) is 6.94. The number of hydrogen-bond acceptors (Lipinski definition) is 3. The van der Waals surface area contributed by atoms with Crippen molar-refractivity contribution in [1.82, 2.24) is 4.98 Å². The van der Waals surface area contributed by atoms with Gasteiger partial charge in [0.1, 0.15) is 17.5 Å². The molecule has 1 aromatic heterocycles. The number of halogens is 3. The lowest BCUT2D eigenvalue weighted by atomic mass is 10.1. The number of carbonyl (C=O) groups is 1. The van der Waals surface area contributed by atoms with Crippen molar-refractivity contribution in [1.29, 1.82) is 0 Å². The summed E-state index contributed by atoms with van der Waals surface area (Å²) in [6.45, 7) is 1.81. The lowest BCUT2D eigenvalue weighted by Gasteiger charge is -2.03. The van der Waals surface area contributed by atoms with Gasteiger partial charge in [0.05, 0.1) is 11.3 Å². The van der Waals surface area contributed by atoms with Crippen LogP contribution in [0.3, 0.4) is 0 Å². The number of amides is 1. The fourth-order valence-electron chi connectivity index (χ4n) is 2.16. The van der Waals surface area contributed by atoms with Crippen LogP contribution in [0, 0.1) is 24.4 Å². The van der Waals surface area contributed by atoms with Gasteiger partial charge in [-0.15, -0.1) is 11.3 Å². The predicted molar refractivity (Wildman–Crippen MR) is 86.6 cm³/mol. The minimum Gasteiger partial charge on any atom is -0.298 e. The summed E-state index contributed by atoms with van der Waals surface area (Å²) in [6.07, 6.45) is 0. The Morgan fingerprint density at radius 2 is 1.71 bits per heavy atom. The van der Waals surface area contributed by atoms with Crippen molar-refractivity contribution in [3.8, 4) is 11.3 Å². The van der Waals surface area contributed by atoms with Crippen LogP contribution in [0.5, 0.6) is 0 Å². The summed E-state index contributed by atoms with van der Waals surface area (Å²) in [5.74, 6) is -2.77. The van der Waals surface area contributed by atoms with Crippen LogP contribution < -0.4 is 5.32 Å². The lowest BCUT2D eigenvalue weighted by molar-refractivity contribution is 0.102. The molecule has 0 spiro atoms. The summed E-state index contributed by atoms with van der Waals surface area (Å²) in [5.41, 5.74) is 1.04. The number of hydrogen-bond donors (Lipinski definition) is 1. The van der Waals surface area contributed by atoms with Crippen LogP contribution in [-0.4, -0.2) is 10.9 Å². The van der Waals surface area contributed by atoms with Gasteiger partial charge in [0.2, 0.25) is 0 Å². The molecule has 0 atom stereocenters. The number of aryl methyl sites for hydroxylation is 1. The minimum absolute atomic E-state index is 0.271. The van der Waals surface area contributed by atoms with Gasteiger partial charge in [0.25, 0.3) is 5.91 Å². The smallest absolute Gasteiger partial charge is 0.260 e. The van der Waals surface area contributed by atoms with Crippen LogP contribution in [0.1, 0.15) is 15.2 Å². The zero-order valence-electron chi connectivity index (χ0n) is 12.4. The molecule has 0 aliphatic rings. The SMILES string of the molecule is Cc1sc(NC(=O)c2ccc(F)cc2F)nc1-c1ccc(F)cc1. The van der Waals surface area contributed by atoms with Crippen LogP contribution in [-0.2, 0) is 0 Å². The Hall–Kier alpha value is -2.67. The van der Waals surface area contributed by atoms with E-state index in [1.807, 2.05) is 6.92 Å². The second-order valence-electron chi connectivity index (χ2n) is 5.01. The molecular weight excluding hydrogens is 337 g/mol. The molecule has 0 fully saturated rings. The monoisotopic (exact) mass is 348 g/mol. The quantitative estimate of drug-likeness (QED) is 0.739. The van der Waals surface area contributed by atoms with E-state index in [2.05, 4.69) is 10.3 Å². The fourth-order valence-corrected chi connectivity index (χ4v) is 2.99. The molecule has 122 valence electrons. The third kappa shape index (κ3) is 3.30. The Bertz CT molecular complexity index is 907. The van der Waals surface area contributed by atoms with Crippen LogP contribution in [0.15, 0.2) is 42.5 Å². The van der Waals surface area contributed by atoms with Gasteiger partial charge in [-0.05, 0) is 43.3 Å². The molecule has 1 heterocycles. The molecule has 3 nitrogen and oxygen atoms in total. The normalized spacial score (nSPS) is 10.7. The number of nitrogens with one attached hydrogen (secondary N) is 1. The molecular formula is C17H11F3N2OS. The Balaban J connectivity index is 1.85. The molecule has 0 aliphatic heterocycles. The summed E-state index contributed by atoms with van der Waals surface area (Å²) >= 11 is 1.21. The van der Waals surface area contributed by atoms with Crippen molar-refractivity contribution in [3.63, 3.8) is 0 Å². The van der Waals surface area contributed by atoms with E-state index >= 15 is 0 Å². The molecule has 0 saturated carbocycles. The molecule has 3 rings (SSSR count). The molecule has 1 amide bonds. The molecule has 3 aromatic rings. The first-order valence-corrected chi connectivity index (χ1v) is 7.75. The first kappa shape index (κ1) is 16.2. The molecule has 0 unspecified atom stereocenters. The van der Waals surface area contributed by atoms with Crippen molar-refractivity contribution in [2.75, 3.05) is 5.32 Å². The highest BCUT2D eigenvalue weighted by atomic mass is 32.1. The van der Waals surface area contributed by atoms with E-state index in [-0.39, 0.29) is 16.5 Å². The Labute approximate surface area is 139 Å². The molecule has 0 aliphatic carbocycles. The second-order valence-corrected chi connectivity index (χ2v) is 6.21. The molecule has 0 bridgehead atoms. The summed E-state index contributed by atoms with van der Waals surface area (Å²) in [7, 11) is 0. The number of benzene rings is 2. The highest BCUT2D eigenvalue weighted by Crippen LogP contribution is 2.30. The zero-order valence-corrected chi connectivity index (χ0v) is 13.3. The first-order chi connectivity index (χ1) is 11.4. The van der Waals surface area contributed by atoms with Crippen LogP contribution in [0.2, 0.25) is 0 Å². The average molecular weight is 348 g/mol. The van der Waals surface area contributed by atoms with Gasteiger partial charge >= 0.3 is 0 Å². The van der Waals surface area contributed by atoms with Gasteiger partial charge in [-0.3, -0.25) is 10.1 Å². The van der Waals surface area contributed by atoms with Crippen molar-refractivity contribution < 1.29 is 18.0 Å². The summed E-state index contributed by atoms with van der Waals surface area (Å²) in [6, 6.07) is 8.54. The van der Waals surface area contributed by atoms with E-state index in [1.165, 1.54) is 23.5 Å². The maximum atomic E-state index is 13.6. The fraction of sp³-hybridized carbons (Fsp3) is 0.0588. The lowest BCUT2D eigenvalue weighted by Crippen LogP contribution is -2.13. The Morgan fingerprint density at radius 1 is 1.04 bits per heavy atom. The van der Waals surface area contributed by atoms with Gasteiger partial charge < -0.3 is 0 Å². The van der Waals surface area contributed by atoms with E-state index in [0.717, 1.165) is 17.0 Å². The number of thiazole rings is 1. The summed E-state index contributed by atoms with van der Waals surface area (Å²) in [5, 5.41) is 2.77. The number of carbonyl (C=O) groups excluding carboxylic acids is 1. The van der Waals surface area contributed by atoms with Crippen molar-refractivity contribution in [3.05, 3.63) is 70.4 Å². The van der Waals surface area contributed by atoms with E-state index in [0.29, 0.717) is 17.3 Å². The van der Waals surface area contributed by atoms with E-state index in [9.17, 15) is 18.0 Å². The average Bonchev–Trinajstić information content (AvgIpc) is 2.88. The van der Waals surface area contributed by atoms with Crippen molar-refractivity contribution >= 4 is 22.4 Å². The molecule has 2 aromatic carbocycles. The Kier molecular flexibility index (Phi) is 4.35. The zero-order chi connectivity index (χ0) is 17.3. The van der Waals surface area contributed by atoms with Gasteiger partial charge in [0, 0.05) is 16.5 Å². The van der Waals surface area contributed by atoms with E-state index in [1.54, 1.807) is 12.1 Å². The number of rotatable bonds is 3. The van der Waals surface area contributed by atoms with Crippen LogP contribution >= 0.6 is 11.3 Å². The molecule has 24 heavy (non-hydrogen) atoms. The topological polar surface area (TPSA) is 42.0 Å². The maximum absolute atomic E-state index is 13.6. The largest absolute Gasteiger partial charge is 0.298 e. The predicted octanol–water partition coefficient (Wildman–Crippen LogP) is 4.79. The maximum Gasteiger partial charge on any atom is 0.260 e. The van der Waals surface area contributed by atoms with Crippen molar-refractivity contribution in [2.24, 2.45) is 0 Å².